The van der Waals surface area contributed by atoms with Crippen molar-refractivity contribution in [1.29, 1.82) is 0 Å². The number of carbonyl (C=O) groups excluding carboxylic acids is 5. The fourth-order valence-electron chi connectivity index (χ4n) is 8.74. The second-order valence-electron chi connectivity index (χ2n) is 17.1. The predicted molar refractivity (Wildman–Crippen MR) is 247 cm³/mol. The predicted octanol–water partition coefficient (Wildman–Crippen LogP) is 3.94. The second-order valence-corrected chi connectivity index (χ2v) is 17.5. The van der Waals surface area contributed by atoms with E-state index in [-0.39, 0.29) is 53.8 Å². The zero-order chi connectivity index (χ0) is 46.6. The van der Waals surface area contributed by atoms with E-state index in [0.29, 0.717) is 34.7 Å². The average Bonchev–Trinajstić information content (AvgIpc) is 3.54. The highest BCUT2D eigenvalue weighted by Crippen LogP contribution is 2.38. The molecule has 4 aliphatic heterocycles. The lowest BCUT2D eigenvalue weighted by atomic mass is 9.95. The third-order valence-electron chi connectivity index (χ3n) is 12.5. The number of pyridine rings is 1. The Balaban J connectivity index is 0.000000192. The largest absolute Gasteiger partial charge is 0.495 e. The second kappa shape index (κ2) is 20.1. The van der Waals surface area contributed by atoms with Gasteiger partial charge in [-0.2, -0.15) is 4.98 Å². The van der Waals surface area contributed by atoms with Gasteiger partial charge in [-0.15, -0.1) is 0 Å². The Morgan fingerprint density at radius 3 is 2.26 bits per heavy atom. The summed E-state index contributed by atoms with van der Waals surface area (Å²) in [5.41, 5.74) is 2.46. The lowest BCUT2D eigenvalue weighted by Gasteiger charge is -2.36. The van der Waals surface area contributed by atoms with Gasteiger partial charge >= 0.3 is 0 Å². The van der Waals surface area contributed by atoms with E-state index in [1.165, 1.54) is 33.4 Å². The van der Waals surface area contributed by atoms with Crippen molar-refractivity contribution in [2.45, 2.75) is 83.1 Å². The fraction of sp³-hybridized carbons (Fsp3) is 0.478. The lowest BCUT2D eigenvalue weighted by molar-refractivity contribution is -0.136. The summed E-state index contributed by atoms with van der Waals surface area (Å²) < 4.78 is 18.9. The molecule has 3 saturated heterocycles. The van der Waals surface area contributed by atoms with Crippen LogP contribution in [-0.4, -0.2) is 127 Å². The zero-order valence-electron chi connectivity index (χ0n) is 37.5. The number of imide groups is 2. The number of amides is 5. The van der Waals surface area contributed by atoms with E-state index in [1.807, 2.05) is 32.0 Å². The van der Waals surface area contributed by atoms with Gasteiger partial charge < -0.3 is 44.5 Å². The van der Waals surface area contributed by atoms with Gasteiger partial charge in [-0.05, 0) is 88.8 Å². The van der Waals surface area contributed by atoms with Gasteiger partial charge in [-0.1, -0.05) is 11.6 Å². The summed E-state index contributed by atoms with van der Waals surface area (Å²) >= 11 is 6.47. The number of nitrogens with zero attached hydrogens (tertiary/aromatic N) is 6. The fourth-order valence-corrected chi connectivity index (χ4v) is 8.88. The number of piperazine rings is 1. The van der Waals surface area contributed by atoms with Gasteiger partial charge in [0.15, 0.2) is 18.2 Å². The molecule has 4 aromatic rings. The number of rotatable bonds is 12. The number of nitrogens with one attached hydrogen (secondary N) is 4. The number of ether oxygens (including phenoxy) is 3. The minimum atomic E-state index is -0.969. The molecule has 20 heteroatoms. The zero-order valence-corrected chi connectivity index (χ0v) is 38.2. The van der Waals surface area contributed by atoms with Crippen molar-refractivity contribution in [2.75, 3.05) is 75.1 Å². The molecule has 0 bridgehead atoms. The Hall–Kier alpha value is -6.31. The number of methoxy groups -OCH3 is 1. The van der Waals surface area contributed by atoms with E-state index in [0.717, 1.165) is 79.3 Å². The molecule has 5 amide bonds. The van der Waals surface area contributed by atoms with Crippen molar-refractivity contribution in [3.8, 4) is 11.5 Å². The van der Waals surface area contributed by atoms with Crippen LogP contribution in [0.25, 0.3) is 10.9 Å². The molecule has 6 heterocycles. The van der Waals surface area contributed by atoms with Crippen LogP contribution < -0.4 is 46.1 Å². The van der Waals surface area contributed by atoms with E-state index in [4.69, 9.17) is 30.8 Å². The number of benzene rings is 2. The van der Waals surface area contributed by atoms with Gasteiger partial charge in [0.05, 0.1) is 47.8 Å². The quantitative estimate of drug-likeness (QED) is 0.148. The summed E-state index contributed by atoms with van der Waals surface area (Å²) in [7, 11) is 3.04. The third kappa shape index (κ3) is 9.78. The van der Waals surface area contributed by atoms with Crippen molar-refractivity contribution in [2.24, 2.45) is 0 Å². The van der Waals surface area contributed by atoms with Gasteiger partial charge in [0.25, 0.3) is 23.3 Å². The minimum absolute atomic E-state index is 0.0964. The smallest absolute Gasteiger partial charge is 0.293 e. The highest BCUT2D eigenvalue weighted by Gasteiger charge is 2.45. The van der Waals surface area contributed by atoms with E-state index < -0.39 is 29.7 Å². The number of anilines is 4. The Bertz CT molecular complexity index is 2590. The molecule has 1 saturated carbocycles. The lowest BCUT2D eigenvalue weighted by Crippen LogP contribution is -2.54. The first-order valence-corrected chi connectivity index (χ1v) is 22.8. The maximum atomic E-state index is 13.1. The monoisotopic (exact) mass is 926 g/mol. The van der Waals surface area contributed by atoms with Crippen LogP contribution in [0, 0.1) is 0 Å². The molecule has 5 aliphatic rings. The van der Waals surface area contributed by atoms with Crippen molar-refractivity contribution >= 4 is 75.2 Å². The van der Waals surface area contributed by atoms with Crippen LogP contribution in [0.1, 0.15) is 85.6 Å². The number of hydrogen-bond donors (Lipinski definition) is 4. The summed E-state index contributed by atoms with van der Waals surface area (Å²) in [5, 5.41) is 12.4. The van der Waals surface area contributed by atoms with E-state index in [1.54, 1.807) is 29.0 Å². The molecule has 66 heavy (non-hydrogen) atoms. The van der Waals surface area contributed by atoms with Crippen molar-refractivity contribution in [1.82, 2.24) is 35.4 Å². The number of halogens is 1. The van der Waals surface area contributed by atoms with E-state index >= 15 is 0 Å². The highest BCUT2D eigenvalue weighted by molar-refractivity contribution is 6.33. The molecule has 0 spiro atoms. The number of hydrogen-bond acceptors (Lipinski definition) is 15. The Morgan fingerprint density at radius 1 is 0.894 bits per heavy atom. The van der Waals surface area contributed by atoms with E-state index in [2.05, 4.69) is 36.1 Å². The third-order valence-corrected chi connectivity index (χ3v) is 12.8. The normalized spacial score (nSPS) is 19.0. The first-order valence-electron chi connectivity index (χ1n) is 22.4. The number of carbonyl (C=O) groups is 5. The molecule has 4 fully saturated rings. The van der Waals surface area contributed by atoms with Crippen LogP contribution in [0.15, 0.2) is 47.4 Å². The van der Waals surface area contributed by atoms with Gasteiger partial charge in [-0.3, -0.25) is 39.0 Å². The van der Waals surface area contributed by atoms with Crippen molar-refractivity contribution in [3.63, 3.8) is 0 Å². The standard InChI is InChI=1S/C28H35ClN6O4.C18H20N4O5/c1-17(2)35-23-8-7-19(13-18(23)14-24(27(35)37)38-16-25(36)30-3)32-26-22(29)15-31-28(33-26)34-11-9-21(10-12-34)39-20-5-4-6-20;1-27-14-9-11-10(8-13(14)21-6-4-19-5-7-21)17(25)22(18(11)26)12-2-3-15(23)20-16(12)24/h7-8,13-15,17,20-21H,4-6,9-12,16H2,1-3H3,(H,30,36)(H,31,32,33);8-9,12,19H,2-7H2,1H3,(H,20,23,24). The molecule has 1 unspecified atom stereocenters. The van der Waals surface area contributed by atoms with Crippen LogP contribution in [-0.2, 0) is 19.1 Å². The maximum Gasteiger partial charge on any atom is 0.293 e. The first kappa shape index (κ1) is 46.2. The van der Waals surface area contributed by atoms with Crippen LogP contribution in [0.5, 0.6) is 11.5 Å². The van der Waals surface area contributed by atoms with Gasteiger partial charge in [0.1, 0.15) is 16.8 Å². The van der Waals surface area contributed by atoms with Crippen LogP contribution in [0.3, 0.4) is 0 Å². The van der Waals surface area contributed by atoms with Gasteiger partial charge in [0, 0.05) is 69.9 Å². The molecule has 1 aliphatic carbocycles. The number of piperidine rings is 2. The summed E-state index contributed by atoms with van der Waals surface area (Å²) in [6, 6.07) is 9.49. The molecule has 2 aromatic carbocycles. The van der Waals surface area contributed by atoms with Gasteiger partial charge in [-0.25, -0.2) is 4.98 Å². The topological polar surface area (TPSA) is 219 Å². The van der Waals surface area contributed by atoms with Crippen LogP contribution in [0.2, 0.25) is 5.02 Å². The van der Waals surface area contributed by atoms with Crippen molar-refractivity contribution in [3.05, 3.63) is 69.1 Å². The molecule has 350 valence electrons. The summed E-state index contributed by atoms with van der Waals surface area (Å²) in [4.78, 5) is 88.5. The first-order chi connectivity index (χ1) is 31.8. The number of fused-ring (bicyclic) bond motifs is 2. The Kier molecular flexibility index (Phi) is 14.0. The molecular weight excluding hydrogens is 872 g/mol. The molecular formula is C46H55ClN10O9. The number of likely N-dealkylation sites (N-methyl/N-ethyl adjacent to an activating group) is 1. The highest BCUT2D eigenvalue weighted by atomic mass is 35.5. The molecule has 4 N–H and O–H groups in total. The summed E-state index contributed by atoms with van der Waals surface area (Å²) in [6.45, 7) is 8.43. The number of aromatic nitrogens is 3. The van der Waals surface area contributed by atoms with Crippen molar-refractivity contribution < 1.29 is 38.2 Å². The molecule has 2 aromatic heterocycles. The average molecular weight is 927 g/mol. The SMILES string of the molecule is CNC(=O)COc1cc2cc(Nc3nc(N4CCC(OC5CCC5)CC4)ncc3Cl)ccc2n(C(C)C)c1=O.COc1cc2c(cc1N1CCNCC1)C(=O)N(C1CCC(=O)NC1=O)C2=O. The summed E-state index contributed by atoms with van der Waals surface area (Å²) in [5.74, 6) is -0.606. The van der Waals surface area contributed by atoms with Crippen LogP contribution in [0.4, 0.5) is 23.1 Å². The molecule has 0 radical (unpaired) electrons. The van der Waals surface area contributed by atoms with Gasteiger partial charge in [0.2, 0.25) is 17.8 Å². The Labute approximate surface area is 386 Å². The summed E-state index contributed by atoms with van der Waals surface area (Å²) in [6.07, 6.45) is 8.16. The molecule has 19 nitrogen and oxygen atoms in total. The minimum Gasteiger partial charge on any atom is -0.495 e. The molecule has 1 atom stereocenters. The van der Waals surface area contributed by atoms with Crippen LogP contribution >= 0.6 is 11.6 Å². The van der Waals surface area contributed by atoms with E-state index in [9.17, 15) is 28.8 Å². The maximum absolute atomic E-state index is 13.1. The molecule has 9 rings (SSSR count). The Morgan fingerprint density at radius 2 is 1.61 bits per heavy atom.